The number of halogens is 3. The number of thiophene rings is 1. The predicted octanol–water partition coefficient (Wildman–Crippen LogP) is 1.85. The topological polar surface area (TPSA) is 117 Å². The number of rotatable bonds is 6. The van der Waals surface area contributed by atoms with Gasteiger partial charge >= 0.3 is 12.0 Å². The van der Waals surface area contributed by atoms with Gasteiger partial charge in [0.15, 0.2) is 12.7 Å². The van der Waals surface area contributed by atoms with Crippen LogP contribution in [0.15, 0.2) is 30.3 Å². The van der Waals surface area contributed by atoms with Crippen LogP contribution < -0.4 is 20.7 Å². The van der Waals surface area contributed by atoms with Gasteiger partial charge in [0.25, 0.3) is 17.7 Å². The average molecular weight is 537 g/mol. The summed E-state index contributed by atoms with van der Waals surface area (Å²) in [5.74, 6) is -0.0495. The van der Waals surface area contributed by atoms with E-state index in [1.54, 1.807) is 37.3 Å². The highest BCUT2D eigenvalue weighted by molar-refractivity contribution is 7.12. The van der Waals surface area contributed by atoms with Gasteiger partial charge in [0, 0.05) is 30.6 Å². The monoisotopic (exact) mass is 536 g/mol. The third-order valence-corrected chi connectivity index (χ3v) is 6.29. The molecule has 0 radical (unpaired) electrons. The summed E-state index contributed by atoms with van der Waals surface area (Å²) in [6.45, 7) is -1.40. The second-order valence-electron chi connectivity index (χ2n) is 7.96. The summed E-state index contributed by atoms with van der Waals surface area (Å²) < 4.78 is 42.5. The van der Waals surface area contributed by atoms with Crippen molar-refractivity contribution in [3.05, 3.63) is 51.2 Å². The molecule has 1 aromatic heterocycles. The summed E-state index contributed by atoms with van der Waals surface area (Å²) in [6.07, 6.45) is 0.279. The number of ether oxygens (including phenoxy) is 1. The van der Waals surface area contributed by atoms with E-state index in [2.05, 4.69) is 17.2 Å². The highest BCUT2D eigenvalue weighted by Crippen LogP contribution is 2.25. The summed E-state index contributed by atoms with van der Waals surface area (Å²) in [5, 5.41) is 6.34. The van der Waals surface area contributed by atoms with Crippen molar-refractivity contribution in [3.8, 4) is 17.6 Å². The van der Waals surface area contributed by atoms with E-state index in [4.69, 9.17) is 4.74 Å². The van der Waals surface area contributed by atoms with Crippen LogP contribution in [0, 0.1) is 11.8 Å². The molecule has 5 amide bonds. The van der Waals surface area contributed by atoms with Crippen LogP contribution in [-0.4, -0.2) is 68.0 Å². The van der Waals surface area contributed by atoms with Crippen molar-refractivity contribution >= 4 is 35.1 Å². The van der Waals surface area contributed by atoms with Gasteiger partial charge in [0.05, 0.1) is 12.0 Å². The third-order valence-electron chi connectivity index (χ3n) is 5.23. The molecule has 13 heteroatoms. The number of imide groups is 1. The Balaban J connectivity index is 0.000000244. The molecule has 4 rings (SSSR count). The Kier molecular flexibility index (Phi) is 8.77. The van der Waals surface area contributed by atoms with E-state index in [1.165, 1.54) is 11.3 Å². The van der Waals surface area contributed by atoms with Crippen LogP contribution in [0.25, 0.3) is 0 Å². The molecule has 1 saturated heterocycles. The smallest absolute Gasteiger partial charge is 0.352 e. The van der Waals surface area contributed by atoms with E-state index >= 15 is 0 Å². The maximum atomic E-state index is 12.7. The minimum absolute atomic E-state index is 0.0666. The van der Waals surface area contributed by atoms with Gasteiger partial charge in [-0.25, -0.2) is 9.18 Å². The van der Waals surface area contributed by atoms with Crippen molar-refractivity contribution in [2.24, 2.45) is 0 Å². The number of hydrogen-bond acceptors (Lipinski definition) is 6. The lowest BCUT2D eigenvalue weighted by molar-refractivity contribution is -0.147. The summed E-state index contributed by atoms with van der Waals surface area (Å²) in [7, 11) is 3.40. The molecule has 1 fully saturated rings. The fourth-order valence-electron chi connectivity index (χ4n) is 3.28. The number of amides is 5. The normalized spacial score (nSPS) is 16.1. The van der Waals surface area contributed by atoms with Crippen molar-refractivity contribution in [1.29, 1.82) is 0 Å². The molecule has 3 N–H and O–H groups in total. The lowest BCUT2D eigenvalue weighted by Gasteiger charge is -2.11. The van der Waals surface area contributed by atoms with Crippen molar-refractivity contribution in [1.82, 2.24) is 20.9 Å². The summed E-state index contributed by atoms with van der Waals surface area (Å²) >= 11 is 1.25. The minimum atomic E-state index is -4.02. The first-order valence-electron chi connectivity index (χ1n) is 10.9. The fraction of sp³-hybridized carbons (Fsp3) is 0.333. The van der Waals surface area contributed by atoms with Gasteiger partial charge in [-0.1, -0.05) is 17.9 Å². The minimum Gasteiger partial charge on any atom is -0.497 e. The quantitative estimate of drug-likeness (QED) is 0.385. The van der Waals surface area contributed by atoms with E-state index in [0.29, 0.717) is 11.4 Å². The van der Waals surface area contributed by atoms with Crippen molar-refractivity contribution in [2.45, 2.75) is 24.9 Å². The first kappa shape index (κ1) is 27.5. The van der Waals surface area contributed by atoms with Crippen LogP contribution in [-0.2, 0) is 22.6 Å². The lowest BCUT2D eigenvalue weighted by Crippen LogP contribution is -2.42. The lowest BCUT2D eigenvalue weighted by atomic mass is 10.1. The highest BCUT2D eigenvalue weighted by atomic mass is 32.1. The second kappa shape index (κ2) is 11.8. The summed E-state index contributed by atoms with van der Waals surface area (Å²) in [6, 6.07) is 7.46. The molecule has 3 heterocycles. The van der Waals surface area contributed by atoms with Gasteiger partial charge in [-0.15, -0.1) is 11.3 Å². The van der Waals surface area contributed by atoms with Crippen molar-refractivity contribution in [3.63, 3.8) is 0 Å². The number of alkyl halides is 3. The zero-order valence-corrected chi connectivity index (χ0v) is 20.6. The van der Waals surface area contributed by atoms with E-state index < -0.39 is 36.5 Å². The Hall–Kier alpha value is -4.05. The number of carbonyl (C=O) groups excluding carboxylic acids is 4. The first-order valence-corrected chi connectivity index (χ1v) is 11.7. The van der Waals surface area contributed by atoms with Crippen LogP contribution in [0.5, 0.6) is 5.75 Å². The molecule has 0 aliphatic carbocycles. The van der Waals surface area contributed by atoms with E-state index in [-0.39, 0.29) is 18.9 Å². The van der Waals surface area contributed by atoms with Crippen LogP contribution in [0.3, 0.4) is 0 Å². The van der Waals surface area contributed by atoms with E-state index in [0.717, 1.165) is 21.8 Å². The molecule has 2 aliphatic rings. The predicted molar refractivity (Wildman–Crippen MR) is 128 cm³/mol. The molecular weight excluding hydrogens is 513 g/mol. The largest absolute Gasteiger partial charge is 0.497 e. The van der Waals surface area contributed by atoms with Crippen LogP contribution in [0.1, 0.15) is 25.7 Å². The second-order valence-corrected chi connectivity index (χ2v) is 9.13. The van der Waals surface area contributed by atoms with Gasteiger partial charge in [0.1, 0.15) is 5.75 Å². The number of nitrogens with one attached hydrogen (secondary N) is 3. The fourth-order valence-corrected chi connectivity index (χ4v) is 4.15. The molecule has 0 saturated carbocycles. The van der Waals surface area contributed by atoms with Gasteiger partial charge in [-0.05, 0) is 36.2 Å². The van der Waals surface area contributed by atoms with Gasteiger partial charge in [0.2, 0.25) is 0 Å². The Morgan fingerprint density at radius 3 is 2.68 bits per heavy atom. The molecule has 196 valence electrons. The van der Waals surface area contributed by atoms with Crippen molar-refractivity contribution in [2.75, 3.05) is 27.4 Å². The molecule has 37 heavy (non-hydrogen) atoms. The molecule has 2 aliphatic heterocycles. The number of urea groups is 1. The molecule has 0 spiro atoms. The number of methoxy groups -OCH3 is 1. The van der Waals surface area contributed by atoms with Gasteiger partial charge in [-0.3, -0.25) is 19.7 Å². The molecule has 1 aromatic carbocycles. The maximum absolute atomic E-state index is 12.7. The molecule has 1 atom stereocenters. The Morgan fingerprint density at radius 2 is 2.03 bits per heavy atom. The third kappa shape index (κ3) is 7.01. The molecule has 0 bridgehead atoms. The average Bonchev–Trinajstić information content (AvgIpc) is 3.54. The Bertz CT molecular complexity index is 1270. The Morgan fingerprint density at radius 1 is 1.27 bits per heavy atom. The zero-order chi connectivity index (χ0) is 27.2. The van der Waals surface area contributed by atoms with Crippen LogP contribution >= 0.6 is 11.3 Å². The number of hydrogen-bond donors (Lipinski definition) is 3. The molecule has 9 nitrogen and oxygen atoms in total. The van der Waals surface area contributed by atoms with Crippen LogP contribution in [0.4, 0.5) is 18.0 Å². The summed E-state index contributed by atoms with van der Waals surface area (Å²) in [5.41, 5.74) is 1.84. The van der Waals surface area contributed by atoms with Crippen molar-refractivity contribution < 1.29 is 37.1 Å². The highest BCUT2D eigenvalue weighted by Gasteiger charge is 2.38. The Labute approximate surface area is 214 Å². The summed E-state index contributed by atoms with van der Waals surface area (Å²) in [4.78, 5) is 47.8. The van der Waals surface area contributed by atoms with Gasteiger partial charge in [-0.2, -0.15) is 8.78 Å². The van der Waals surface area contributed by atoms with Gasteiger partial charge < -0.3 is 20.3 Å². The number of benzene rings is 1. The number of nitrogens with zero attached hydrogens (tertiary/aromatic N) is 1. The first-order chi connectivity index (χ1) is 17.5. The molecule has 1 unspecified atom stereocenters. The number of fused-ring (bicyclic) bond motifs is 1. The number of carbonyl (C=O) groups is 4. The maximum Gasteiger partial charge on any atom is 0.352 e. The van der Waals surface area contributed by atoms with Crippen LogP contribution in [0.2, 0.25) is 0 Å². The molecule has 2 aromatic rings. The molecular formula is C24H23F3N4O5S. The standard InChI is InChI=1S/C14H12F3N3O3S.C10H11NO2/c15-7-14(16,17)12(22)18-6-5-9-2-1-8(24-9)3-4-10-11(21)20-13(23)19-10;1-11-6-7-3-4-8(13-2)5-9(7)10(11)12/h1-2,10H,5-7H2,(H,18,22)(H2,19,20,21,23);3-5H,6H2,1-2H3. The SMILES string of the molecule is COc1ccc2c(c1)C(=O)N(C)C2.O=C1NC(=O)C(C#Cc2ccc(CCNC(=O)C(F)(F)CF)s2)N1. The van der Waals surface area contributed by atoms with E-state index in [9.17, 15) is 32.3 Å². The zero-order valence-electron chi connectivity index (χ0n) is 19.8. The van der Waals surface area contributed by atoms with E-state index in [1.807, 2.05) is 22.8 Å².